The van der Waals surface area contributed by atoms with Gasteiger partial charge in [0.05, 0.1) is 12.7 Å². The third-order valence-corrected chi connectivity index (χ3v) is 2.68. The van der Waals surface area contributed by atoms with Crippen molar-refractivity contribution in [2.24, 2.45) is 5.92 Å². The van der Waals surface area contributed by atoms with Crippen LogP contribution in [0.2, 0.25) is 0 Å². The van der Waals surface area contributed by atoms with Crippen LogP contribution in [0.3, 0.4) is 0 Å². The average molecular weight is 331 g/mol. The second-order valence-electron chi connectivity index (χ2n) is 4.66. The van der Waals surface area contributed by atoms with Crippen LogP contribution >= 0.6 is 15.9 Å². The SMILES string of the molecule is CC(C)COCC(O)CNC(=O)c1ccnc(Br)c1. The van der Waals surface area contributed by atoms with Gasteiger partial charge in [0, 0.05) is 24.9 Å². The van der Waals surface area contributed by atoms with Crippen molar-refractivity contribution in [1.82, 2.24) is 10.3 Å². The molecule has 0 saturated carbocycles. The van der Waals surface area contributed by atoms with Crippen LogP contribution in [0.4, 0.5) is 0 Å². The molecular formula is C13H19BrN2O3. The fourth-order valence-corrected chi connectivity index (χ4v) is 1.72. The van der Waals surface area contributed by atoms with Crippen LogP contribution in [-0.2, 0) is 4.74 Å². The third-order valence-electron chi connectivity index (χ3n) is 2.25. The molecule has 1 unspecified atom stereocenters. The fourth-order valence-electron chi connectivity index (χ4n) is 1.35. The highest BCUT2D eigenvalue weighted by molar-refractivity contribution is 9.10. The minimum absolute atomic E-state index is 0.164. The zero-order valence-corrected chi connectivity index (χ0v) is 12.7. The van der Waals surface area contributed by atoms with Gasteiger partial charge in [-0.25, -0.2) is 4.98 Å². The molecule has 19 heavy (non-hydrogen) atoms. The van der Waals surface area contributed by atoms with E-state index in [4.69, 9.17) is 4.74 Å². The van der Waals surface area contributed by atoms with Crippen LogP contribution < -0.4 is 5.32 Å². The molecule has 5 nitrogen and oxygen atoms in total. The van der Waals surface area contributed by atoms with Crippen LogP contribution in [0.1, 0.15) is 24.2 Å². The van der Waals surface area contributed by atoms with Gasteiger partial charge >= 0.3 is 0 Å². The van der Waals surface area contributed by atoms with E-state index in [1.807, 2.05) is 13.8 Å². The molecule has 0 aliphatic heterocycles. The Morgan fingerprint density at radius 3 is 2.89 bits per heavy atom. The zero-order chi connectivity index (χ0) is 14.3. The zero-order valence-electron chi connectivity index (χ0n) is 11.1. The molecule has 0 fully saturated rings. The molecule has 0 saturated heterocycles. The maximum Gasteiger partial charge on any atom is 0.251 e. The summed E-state index contributed by atoms with van der Waals surface area (Å²) in [7, 11) is 0. The lowest BCUT2D eigenvalue weighted by Gasteiger charge is -2.13. The highest BCUT2D eigenvalue weighted by atomic mass is 79.9. The second kappa shape index (κ2) is 8.24. The Labute approximate surface area is 121 Å². The normalized spacial score (nSPS) is 12.5. The van der Waals surface area contributed by atoms with Gasteiger partial charge in [0.2, 0.25) is 0 Å². The van der Waals surface area contributed by atoms with Crippen molar-refractivity contribution in [3.63, 3.8) is 0 Å². The number of halogens is 1. The van der Waals surface area contributed by atoms with Crippen LogP contribution in [0.5, 0.6) is 0 Å². The first-order chi connectivity index (χ1) is 8.99. The number of rotatable bonds is 7. The van der Waals surface area contributed by atoms with Crippen LogP contribution in [-0.4, -0.2) is 41.9 Å². The molecule has 1 atom stereocenters. The number of aliphatic hydroxyl groups excluding tert-OH is 1. The van der Waals surface area contributed by atoms with Gasteiger partial charge in [-0.05, 0) is 34.0 Å². The first kappa shape index (κ1) is 16.1. The van der Waals surface area contributed by atoms with E-state index >= 15 is 0 Å². The monoisotopic (exact) mass is 330 g/mol. The van der Waals surface area contributed by atoms with E-state index in [0.717, 1.165) is 0 Å². The van der Waals surface area contributed by atoms with Gasteiger partial charge in [-0.15, -0.1) is 0 Å². The molecule has 1 amide bonds. The van der Waals surface area contributed by atoms with Crippen molar-refractivity contribution in [3.8, 4) is 0 Å². The number of nitrogens with zero attached hydrogens (tertiary/aromatic N) is 1. The molecule has 0 spiro atoms. The number of pyridine rings is 1. The number of amides is 1. The third kappa shape index (κ3) is 6.66. The molecule has 1 aromatic heterocycles. The van der Waals surface area contributed by atoms with Crippen molar-refractivity contribution >= 4 is 21.8 Å². The molecule has 1 aromatic rings. The molecule has 0 aliphatic carbocycles. The number of aromatic nitrogens is 1. The van der Waals surface area contributed by atoms with Crippen molar-refractivity contribution in [2.75, 3.05) is 19.8 Å². The van der Waals surface area contributed by atoms with E-state index in [-0.39, 0.29) is 19.1 Å². The van der Waals surface area contributed by atoms with Gasteiger partial charge in [-0.3, -0.25) is 4.79 Å². The van der Waals surface area contributed by atoms with E-state index in [9.17, 15) is 9.90 Å². The lowest BCUT2D eigenvalue weighted by atomic mass is 10.2. The first-order valence-electron chi connectivity index (χ1n) is 6.14. The smallest absolute Gasteiger partial charge is 0.251 e. The van der Waals surface area contributed by atoms with Gasteiger partial charge < -0.3 is 15.2 Å². The maximum absolute atomic E-state index is 11.8. The summed E-state index contributed by atoms with van der Waals surface area (Å²) in [6.45, 7) is 5.06. The van der Waals surface area contributed by atoms with Crippen molar-refractivity contribution in [1.29, 1.82) is 0 Å². The number of aliphatic hydroxyl groups is 1. The Bertz CT molecular complexity index is 413. The van der Waals surface area contributed by atoms with E-state index in [1.165, 1.54) is 0 Å². The Hall–Kier alpha value is -0.980. The average Bonchev–Trinajstić information content (AvgIpc) is 2.35. The summed E-state index contributed by atoms with van der Waals surface area (Å²) in [5, 5.41) is 12.3. The van der Waals surface area contributed by atoms with Crippen molar-refractivity contribution in [2.45, 2.75) is 20.0 Å². The minimum atomic E-state index is -0.701. The molecular weight excluding hydrogens is 312 g/mol. The number of hydrogen-bond acceptors (Lipinski definition) is 4. The Kier molecular flexibility index (Phi) is 6.97. The highest BCUT2D eigenvalue weighted by Crippen LogP contribution is 2.07. The summed E-state index contributed by atoms with van der Waals surface area (Å²) < 4.78 is 5.89. The Morgan fingerprint density at radius 2 is 2.26 bits per heavy atom. The van der Waals surface area contributed by atoms with Crippen molar-refractivity contribution in [3.05, 3.63) is 28.5 Å². The molecule has 106 valence electrons. The van der Waals surface area contributed by atoms with Crippen LogP contribution in [0.15, 0.2) is 22.9 Å². The van der Waals surface area contributed by atoms with Crippen LogP contribution in [0, 0.1) is 5.92 Å². The first-order valence-corrected chi connectivity index (χ1v) is 6.94. The summed E-state index contributed by atoms with van der Waals surface area (Å²) in [6.07, 6.45) is 0.842. The summed E-state index contributed by atoms with van der Waals surface area (Å²) in [4.78, 5) is 15.7. The standard InChI is InChI=1S/C13H19BrN2O3/c1-9(2)7-19-8-11(17)6-16-13(18)10-3-4-15-12(14)5-10/h3-5,9,11,17H,6-8H2,1-2H3,(H,16,18). The van der Waals surface area contributed by atoms with E-state index < -0.39 is 6.10 Å². The summed E-state index contributed by atoms with van der Waals surface area (Å²) >= 11 is 3.20. The van der Waals surface area contributed by atoms with Crippen molar-refractivity contribution < 1.29 is 14.6 Å². The highest BCUT2D eigenvalue weighted by Gasteiger charge is 2.10. The molecule has 2 N–H and O–H groups in total. The Morgan fingerprint density at radius 1 is 1.53 bits per heavy atom. The largest absolute Gasteiger partial charge is 0.389 e. The number of carbonyl (C=O) groups excluding carboxylic acids is 1. The van der Waals surface area contributed by atoms with Gasteiger partial charge in [0.25, 0.3) is 5.91 Å². The predicted molar refractivity (Wildman–Crippen MR) is 75.9 cm³/mol. The molecule has 6 heteroatoms. The molecule has 0 bridgehead atoms. The number of nitrogens with one attached hydrogen (secondary N) is 1. The van der Waals surface area contributed by atoms with E-state index in [1.54, 1.807) is 18.3 Å². The van der Waals surface area contributed by atoms with Gasteiger partial charge in [-0.2, -0.15) is 0 Å². The van der Waals surface area contributed by atoms with Gasteiger partial charge in [0.1, 0.15) is 4.60 Å². The second-order valence-corrected chi connectivity index (χ2v) is 5.47. The van der Waals surface area contributed by atoms with Crippen LogP contribution in [0.25, 0.3) is 0 Å². The number of ether oxygens (including phenoxy) is 1. The number of carbonyl (C=O) groups is 1. The minimum Gasteiger partial charge on any atom is -0.389 e. The predicted octanol–water partition coefficient (Wildman–Crippen LogP) is 1.61. The van der Waals surface area contributed by atoms with Gasteiger partial charge in [0.15, 0.2) is 0 Å². The van der Waals surface area contributed by atoms with Gasteiger partial charge in [-0.1, -0.05) is 13.8 Å². The molecule has 0 aromatic carbocycles. The molecule has 1 rings (SSSR count). The molecule has 0 radical (unpaired) electrons. The van der Waals surface area contributed by atoms with E-state index in [0.29, 0.717) is 22.7 Å². The maximum atomic E-state index is 11.8. The lowest BCUT2D eigenvalue weighted by Crippen LogP contribution is -2.34. The number of hydrogen-bond donors (Lipinski definition) is 2. The topological polar surface area (TPSA) is 71.5 Å². The quantitative estimate of drug-likeness (QED) is 0.745. The summed E-state index contributed by atoms with van der Waals surface area (Å²) in [6, 6.07) is 3.23. The van der Waals surface area contributed by atoms with E-state index in [2.05, 4.69) is 26.2 Å². The molecule has 0 aliphatic rings. The molecule has 1 heterocycles. The summed E-state index contributed by atoms with van der Waals surface area (Å²) in [5.41, 5.74) is 0.497. The fraction of sp³-hybridized carbons (Fsp3) is 0.538. The lowest BCUT2D eigenvalue weighted by molar-refractivity contribution is 0.0259. The Balaban J connectivity index is 2.30. The summed E-state index contributed by atoms with van der Waals surface area (Å²) in [5.74, 6) is 0.182.